The van der Waals surface area contributed by atoms with Gasteiger partial charge < -0.3 is 19.5 Å². The van der Waals surface area contributed by atoms with Crippen molar-refractivity contribution >= 4 is 17.4 Å². The number of Topliss-reactive ketones (excluding diaryl/α,β-unsaturated/α-hetero) is 1. The Hall–Kier alpha value is -3.12. The van der Waals surface area contributed by atoms with Crippen LogP contribution >= 0.6 is 0 Å². The Balaban J connectivity index is 2.00. The van der Waals surface area contributed by atoms with Crippen molar-refractivity contribution in [1.29, 1.82) is 0 Å². The third kappa shape index (κ3) is 5.82. The number of carbonyl (C=O) groups is 2. The SMILES string of the molecule is Cc1cccc(C2/C(=C(/O)c3ccc(OCC(C)C)cc3)C(=O)C(=O)N2CCOC(C)C)c1. The number of carbonyl (C=O) groups excluding carboxylic acids is 2. The van der Waals surface area contributed by atoms with E-state index in [2.05, 4.69) is 13.8 Å². The summed E-state index contributed by atoms with van der Waals surface area (Å²) < 4.78 is 11.3. The number of amides is 1. The highest BCUT2D eigenvalue weighted by Crippen LogP contribution is 2.39. The van der Waals surface area contributed by atoms with Gasteiger partial charge in [0.25, 0.3) is 11.7 Å². The van der Waals surface area contributed by atoms with Crippen LogP contribution in [0.2, 0.25) is 0 Å². The number of aryl methyl sites for hydroxylation is 1. The van der Waals surface area contributed by atoms with E-state index >= 15 is 0 Å². The van der Waals surface area contributed by atoms with Crippen LogP contribution in [0.5, 0.6) is 5.75 Å². The van der Waals surface area contributed by atoms with Crippen LogP contribution in [0.25, 0.3) is 5.76 Å². The average Bonchev–Trinajstić information content (AvgIpc) is 3.02. The van der Waals surface area contributed by atoms with Crippen LogP contribution in [0.3, 0.4) is 0 Å². The van der Waals surface area contributed by atoms with E-state index in [9.17, 15) is 14.7 Å². The second-order valence-electron chi connectivity index (χ2n) is 9.06. The van der Waals surface area contributed by atoms with E-state index < -0.39 is 17.7 Å². The maximum absolute atomic E-state index is 13.1. The Bertz CT molecular complexity index is 1020. The second kappa shape index (κ2) is 10.7. The number of hydrogen-bond donors (Lipinski definition) is 1. The van der Waals surface area contributed by atoms with Gasteiger partial charge in [-0.2, -0.15) is 0 Å². The minimum absolute atomic E-state index is 0.00988. The van der Waals surface area contributed by atoms with E-state index in [0.29, 0.717) is 30.4 Å². The lowest BCUT2D eigenvalue weighted by Gasteiger charge is -2.26. The smallest absolute Gasteiger partial charge is 0.295 e. The van der Waals surface area contributed by atoms with Crippen LogP contribution in [0.4, 0.5) is 0 Å². The molecule has 2 aromatic carbocycles. The fourth-order valence-electron chi connectivity index (χ4n) is 3.81. The van der Waals surface area contributed by atoms with Crippen molar-refractivity contribution in [2.75, 3.05) is 19.8 Å². The lowest BCUT2D eigenvalue weighted by molar-refractivity contribution is -0.140. The van der Waals surface area contributed by atoms with Gasteiger partial charge in [0.1, 0.15) is 11.5 Å². The molecule has 2 aromatic rings. The molecule has 1 unspecified atom stereocenters. The predicted molar refractivity (Wildman–Crippen MR) is 128 cm³/mol. The molecule has 0 aliphatic carbocycles. The minimum Gasteiger partial charge on any atom is -0.507 e. The molecule has 6 heteroatoms. The molecule has 0 aromatic heterocycles. The van der Waals surface area contributed by atoms with Crippen LogP contribution in [-0.2, 0) is 14.3 Å². The Kier molecular flexibility index (Phi) is 7.92. The van der Waals surface area contributed by atoms with Gasteiger partial charge in [-0.25, -0.2) is 0 Å². The summed E-state index contributed by atoms with van der Waals surface area (Å²) in [7, 11) is 0. The molecule has 1 aliphatic heterocycles. The zero-order valence-corrected chi connectivity index (χ0v) is 20.0. The molecular formula is C27H33NO5. The van der Waals surface area contributed by atoms with Crippen molar-refractivity contribution in [3.05, 3.63) is 70.8 Å². The van der Waals surface area contributed by atoms with Crippen LogP contribution in [0, 0.1) is 12.8 Å². The Labute approximate surface area is 195 Å². The molecule has 33 heavy (non-hydrogen) atoms. The number of aliphatic hydroxyl groups is 1. The molecule has 0 radical (unpaired) electrons. The molecule has 0 bridgehead atoms. The molecule has 3 rings (SSSR count). The largest absolute Gasteiger partial charge is 0.507 e. The number of hydrogen-bond acceptors (Lipinski definition) is 5. The lowest BCUT2D eigenvalue weighted by Crippen LogP contribution is -2.33. The van der Waals surface area contributed by atoms with Gasteiger partial charge in [0.15, 0.2) is 0 Å². The number of ketones is 1. The van der Waals surface area contributed by atoms with Crippen LogP contribution in [0.1, 0.15) is 50.4 Å². The Morgan fingerprint density at radius 3 is 2.36 bits per heavy atom. The first-order valence-electron chi connectivity index (χ1n) is 11.4. The number of aliphatic hydroxyl groups excluding tert-OH is 1. The lowest BCUT2D eigenvalue weighted by atomic mass is 9.94. The molecule has 1 atom stereocenters. The van der Waals surface area contributed by atoms with Gasteiger partial charge in [0.05, 0.1) is 30.9 Å². The monoisotopic (exact) mass is 451 g/mol. The molecule has 6 nitrogen and oxygen atoms in total. The average molecular weight is 452 g/mol. The fraction of sp³-hybridized carbons (Fsp3) is 0.407. The molecule has 0 saturated carbocycles. The van der Waals surface area contributed by atoms with Crippen molar-refractivity contribution in [1.82, 2.24) is 4.90 Å². The molecule has 1 fully saturated rings. The van der Waals surface area contributed by atoms with Crippen LogP contribution in [-0.4, -0.2) is 47.6 Å². The van der Waals surface area contributed by atoms with Gasteiger partial charge in [-0.05, 0) is 56.5 Å². The normalized spacial score (nSPS) is 17.9. The number of benzene rings is 2. The first-order chi connectivity index (χ1) is 15.7. The summed E-state index contributed by atoms with van der Waals surface area (Å²) in [5.41, 5.74) is 2.33. The molecular weight excluding hydrogens is 418 g/mol. The highest BCUT2D eigenvalue weighted by Gasteiger charge is 2.45. The van der Waals surface area contributed by atoms with Crippen molar-refractivity contribution < 1.29 is 24.2 Å². The maximum atomic E-state index is 13.1. The number of ether oxygens (including phenoxy) is 2. The van der Waals surface area contributed by atoms with Crippen molar-refractivity contribution in [2.45, 2.75) is 46.8 Å². The molecule has 176 valence electrons. The van der Waals surface area contributed by atoms with Gasteiger partial charge in [-0.1, -0.05) is 43.7 Å². The van der Waals surface area contributed by atoms with Crippen molar-refractivity contribution in [3.8, 4) is 5.75 Å². The van der Waals surface area contributed by atoms with Gasteiger partial charge in [-0.15, -0.1) is 0 Å². The van der Waals surface area contributed by atoms with Gasteiger partial charge in [0, 0.05) is 12.1 Å². The van der Waals surface area contributed by atoms with Crippen molar-refractivity contribution in [2.24, 2.45) is 5.92 Å². The topological polar surface area (TPSA) is 76.1 Å². The summed E-state index contributed by atoms with van der Waals surface area (Å²) in [5, 5.41) is 11.2. The van der Waals surface area contributed by atoms with Gasteiger partial charge in [0.2, 0.25) is 0 Å². The maximum Gasteiger partial charge on any atom is 0.295 e. The quantitative estimate of drug-likeness (QED) is 0.334. The molecule has 1 aliphatic rings. The standard InChI is InChI=1S/C27H33NO5/c1-17(2)16-33-22-11-9-20(10-12-22)25(29)23-24(21-8-6-7-19(5)15-21)28(27(31)26(23)30)13-14-32-18(3)4/h6-12,15,17-18,24,29H,13-14,16H2,1-5H3/b25-23-. The Morgan fingerprint density at radius 1 is 1.06 bits per heavy atom. The molecule has 1 N–H and O–H groups in total. The summed E-state index contributed by atoms with van der Waals surface area (Å²) in [6.45, 7) is 11.1. The van der Waals surface area contributed by atoms with Crippen molar-refractivity contribution in [3.63, 3.8) is 0 Å². The molecule has 0 spiro atoms. The van der Waals surface area contributed by atoms with Crippen LogP contribution < -0.4 is 4.74 Å². The second-order valence-corrected chi connectivity index (χ2v) is 9.06. The molecule has 1 amide bonds. The number of nitrogens with zero attached hydrogens (tertiary/aromatic N) is 1. The highest BCUT2D eigenvalue weighted by molar-refractivity contribution is 6.46. The zero-order valence-electron chi connectivity index (χ0n) is 20.0. The number of rotatable bonds is 9. The minimum atomic E-state index is -0.691. The summed E-state index contributed by atoms with van der Waals surface area (Å²) >= 11 is 0. The zero-order chi connectivity index (χ0) is 24.1. The van der Waals surface area contributed by atoms with Crippen LogP contribution in [0.15, 0.2) is 54.1 Å². The Morgan fingerprint density at radius 2 is 1.76 bits per heavy atom. The fourth-order valence-corrected chi connectivity index (χ4v) is 3.81. The summed E-state index contributed by atoms with van der Waals surface area (Å²) in [6, 6.07) is 13.9. The van der Waals surface area contributed by atoms with E-state index in [-0.39, 0.29) is 24.0 Å². The van der Waals surface area contributed by atoms with E-state index in [1.54, 1.807) is 24.3 Å². The molecule has 1 heterocycles. The van der Waals surface area contributed by atoms with E-state index in [4.69, 9.17) is 9.47 Å². The van der Waals surface area contributed by atoms with E-state index in [0.717, 1.165) is 11.1 Å². The summed E-state index contributed by atoms with van der Waals surface area (Å²) in [6.07, 6.45) is 0.00988. The summed E-state index contributed by atoms with van der Waals surface area (Å²) in [4.78, 5) is 27.5. The van der Waals surface area contributed by atoms with Gasteiger partial charge >= 0.3 is 0 Å². The first-order valence-corrected chi connectivity index (χ1v) is 11.4. The predicted octanol–water partition coefficient (Wildman–Crippen LogP) is 4.88. The number of likely N-dealkylation sites (tertiary alicyclic amines) is 1. The third-order valence-electron chi connectivity index (χ3n) is 5.39. The molecule has 1 saturated heterocycles. The highest BCUT2D eigenvalue weighted by atomic mass is 16.5. The first kappa shape index (κ1) is 24.5. The summed E-state index contributed by atoms with van der Waals surface area (Å²) in [5.74, 6) is -0.441. The third-order valence-corrected chi connectivity index (χ3v) is 5.39. The van der Waals surface area contributed by atoms with E-state index in [1.807, 2.05) is 45.0 Å². The van der Waals surface area contributed by atoms with Gasteiger partial charge in [-0.3, -0.25) is 9.59 Å². The van der Waals surface area contributed by atoms with E-state index in [1.165, 1.54) is 4.90 Å².